The number of fused-ring (bicyclic) bond motifs is 2. The zero-order valence-corrected chi connectivity index (χ0v) is 19.0. The lowest BCUT2D eigenvalue weighted by molar-refractivity contribution is 0.0593. The molecule has 3 heterocycles. The van der Waals surface area contributed by atoms with Crippen molar-refractivity contribution in [3.8, 4) is 11.5 Å². The fraction of sp³-hybridized carbons (Fsp3) is 0.364. The van der Waals surface area contributed by atoms with Crippen LogP contribution >= 0.6 is 11.3 Å². The van der Waals surface area contributed by atoms with Crippen LogP contribution < -0.4 is 20.2 Å². The third-order valence-electron chi connectivity index (χ3n) is 5.05. The predicted molar refractivity (Wildman–Crippen MR) is 120 cm³/mol. The number of anilines is 1. The van der Waals surface area contributed by atoms with Crippen LogP contribution in [0, 0.1) is 5.92 Å². The number of benzene rings is 1. The number of aromatic nitrogens is 2. The first kappa shape index (κ1) is 21.8. The number of esters is 1. The summed E-state index contributed by atoms with van der Waals surface area (Å²) in [5.74, 6) is 0.154. The molecular weight excluding hydrogens is 434 g/mol. The van der Waals surface area contributed by atoms with Crippen LogP contribution in [0.2, 0.25) is 0 Å². The molecule has 10 heteroatoms. The minimum absolute atomic E-state index is 0.0292. The zero-order valence-electron chi connectivity index (χ0n) is 18.2. The van der Waals surface area contributed by atoms with Crippen LogP contribution in [0.15, 0.2) is 23.1 Å². The highest BCUT2D eigenvalue weighted by molar-refractivity contribution is 7.16. The van der Waals surface area contributed by atoms with E-state index >= 15 is 0 Å². The van der Waals surface area contributed by atoms with Crippen molar-refractivity contribution < 1.29 is 23.8 Å². The molecule has 1 aliphatic heterocycles. The molecule has 4 rings (SSSR count). The second-order valence-corrected chi connectivity index (χ2v) is 8.80. The fourth-order valence-electron chi connectivity index (χ4n) is 3.54. The van der Waals surface area contributed by atoms with Gasteiger partial charge in [-0.3, -0.25) is 14.9 Å². The molecule has 0 atom stereocenters. The molecule has 1 N–H and O–H groups in total. The molecule has 0 saturated carbocycles. The van der Waals surface area contributed by atoms with E-state index in [0.29, 0.717) is 35.4 Å². The molecule has 32 heavy (non-hydrogen) atoms. The van der Waals surface area contributed by atoms with E-state index in [-0.39, 0.29) is 29.1 Å². The Morgan fingerprint density at radius 2 is 2.00 bits per heavy atom. The van der Waals surface area contributed by atoms with Gasteiger partial charge in [-0.2, -0.15) is 0 Å². The van der Waals surface area contributed by atoms with Crippen molar-refractivity contribution in [3.63, 3.8) is 0 Å². The van der Waals surface area contributed by atoms with E-state index in [0.717, 1.165) is 4.88 Å². The van der Waals surface area contributed by atoms with Crippen molar-refractivity contribution in [1.29, 1.82) is 0 Å². The number of amides is 1. The van der Waals surface area contributed by atoms with Crippen molar-refractivity contribution in [1.82, 2.24) is 9.55 Å². The Morgan fingerprint density at radius 1 is 1.28 bits per heavy atom. The lowest BCUT2D eigenvalue weighted by Gasteiger charge is -2.12. The number of rotatable bonds is 6. The molecule has 2 aromatic heterocycles. The number of pyridine rings is 1. The normalized spacial score (nSPS) is 12.4. The zero-order chi connectivity index (χ0) is 23.0. The van der Waals surface area contributed by atoms with E-state index in [4.69, 9.17) is 14.2 Å². The highest BCUT2D eigenvalue weighted by atomic mass is 32.1. The van der Waals surface area contributed by atoms with Gasteiger partial charge in [0.2, 0.25) is 12.2 Å². The Labute approximate surface area is 187 Å². The summed E-state index contributed by atoms with van der Waals surface area (Å²) in [5, 5.41) is 3.27. The van der Waals surface area contributed by atoms with E-state index in [1.165, 1.54) is 24.6 Å². The molecule has 0 aliphatic carbocycles. The number of carbonyl (C=O) groups excluding carboxylic acids is 2. The molecule has 0 saturated heterocycles. The lowest BCUT2D eigenvalue weighted by atomic mass is 10.1. The molecule has 1 amide bonds. The van der Waals surface area contributed by atoms with E-state index < -0.39 is 17.3 Å². The fourth-order valence-corrected chi connectivity index (χ4v) is 4.69. The van der Waals surface area contributed by atoms with E-state index in [9.17, 15) is 14.4 Å². The molecule has 0 fully saturated rings. The summed E-state index contributed by atoms with van der Waals surface area (Å²) in [6.45, 7) is 6.58. The maximum Gasteiger partial charge on any atom is 0.357 e. The number of hydrogen-bond acceptors (Lipinski definition) is 8. The van der Waals surface area contributed by atoms with Gasteiger partial charge in [0.15, 0.2) is 22.3 Å². The van der Waals surface area contributed by atoms with Gasteiger partial charge < -0.3 is 18.8 Å². The molecule has 0 bridgehead atoms. The number of aryl methyl sites for hydroxylation is 1. The summed E-state index contributed by atoms with van der Waals surface area (Å²) in [6, 6.07) is 3.34. The van der Waals surface area contributed by atoms with Crippen LogP contribution in [0.3, 0.4) is 0 Å². The molecule has 1 aliphatic rings. The van der Waals surface area contributed by atoms with Gasteiger partial charge in [0, 0.05) is 23.7 Å². The van der Waals surface area contributed by atoms with Crippen molar-refractivity contribution in [2.45, 2.75) is 33.7 Å². The smallest absolute Gasteiger partial charge is 0.357 e. The van der Waals surface area contributed by atoms with Crippen molar-refractivity contribution in [2.24, 2.45) is 5.92 Å². The largest absolute Gasteiger partial charge is 0.464 e. The van der Waals surface area contributed by atoms with Crippen LogP contribution in [0.25, 0.3) is 10.9 Å². The Balaban J connectivity index is 1.72. The summed E-state index contributed by atoms with van der Waals surface area (Å²) in [7, 11) is 1.28. The Hall–Kier alpha value is -3.40. The number of nitrogens with zero attached hydrogens (tertiary/aromatic N) is 2. The van der Waals surface area contributed by atoms with Gasteiger partial charge in [0.25, 0.3) is 5.91 Å². The van der Waals surface area contributed by atoms with Crippen molar-refractivity contribution >= 4 is 39.2 Å². The van der Waals surface area contributed by atoms with Gasteiger partial charge in [-0.25, -0.2) is 9.78 Å². The van der Waals surface area contributed by atoms with Crippen LogP contribution in [-0.2, 0) is 17.7 Å². The first-order valence-electron chi connectivity index (χ1n) is 10.2. The second-order valence-electron chi connectivity index (χ2n) is 7.72. The van der Waals surface area contributed by atoms with Gasteiger partial charge in [0.05, 0.1) is 18.0 Å². The summed E-state index contributed by atoms with van der Waals surface area (Å²) in [6.07, 6.45) is 2.13. The van der Waals surface area contributed by atoms with Gasteiger partial charge >= 0.3 is 5.97 Å². The molecule has 168 valence electrons. The third kappa shape index (κ3) is 3.93. The van der Waals surface area contributed by atoms with Gasteiger partial charge in [-0.1, -0.05) is 13.8 Å². The first-order valence-corrected chi connectivity index (χ1v) is 11.0. The van der Waals surface area contributed by atoms with Crippen LogP contribution in [0.4, 0.5) is 5.13 Å². The quantitative estimate of drug-likeness (QED) is 0.565. The number of nitrogens with one attached hydrogen (secondary N) is 1. The molecular formula is C22H23N3O6S. The number of hydrogen-bond donors (Lipinski definition) is 1. The number of ether oxygens (including phenoxy) is 3. The topological polar surface area (TPSA) is 109 Å². The monoisotopic (exact) mass is 457 g/mol. The molecule has 3 aromatic rings. The summed E-state index contributed by atoms with van der Waals surface area (Å²) < 4.78 is 17.4. The standard InChI is InChI=1S/C22H23N3O6S/c1-5-25-9-13(19(26)12-7-15-16(8-14(12)25)31-10-30-15)20(27)24-22-23-18(21(28)29-4)17(32-22)6-11(2)3/h7-9,11H,5-6,10H2,1-4H3,(H,23,24,27). The van der Waals surface area contributed by atoms with Gasteiger partial charge in [-0.15, -0.1) is 11.3 Å². The Morgan fingerprint density at radius 3 is 2.66 bits per heavy atom. The van der Waals surface area contributed by atoms with Crippen LogP contribution in [0.1, 0.15) is 46.5 Å². The summed E-state index contributed by atoms with van der Waals surface area (Å²) in [5.41, 5.74) is 0.379. The van der Waals surface area contributed by atoms with E-state index in [1.807, 2.05) is 20.8 Å². The molecule has 0 radical (unpaired) electrons. The minimum atomic E-state index is -0.599. The maximum absolute atomic E-state index is 13.1. The second kappa shape index (κ2) is 8.62. The Kier molecular flexibility index (Phi) is 5.88. The molecule has 0 unspecified atom stereocenters. The lowest BCUT2D eigenvalue weighted by Crippen LogP contribution is -2.24. The first-order chi connectivity index (χ1) is 15.3. The van der Waals surface area contributed by atoms with E-state index in [2.05, 4.69) is 10.3 Å². The van der Waals surface area contributed by atoms with E-state index in [1.54, 1.807) is 16.7 Å². The van der Waals surface area contributed by atoms with Crippen molar-refractivity contribution in [3.05, 3.63) is 44.7 Å². The van der Waals surface area contributed by atoms with Crippen LogP contribution in [0.5, 0.6) is 11.5 Å². The summed E-state index contributed by atoms with van der Waals surface area (Å²) >= 11 is 1.20. The minimum Gasteiger partial charge on any atom is -0.464 e. The van der Waals surface area contributed by atoms with Crippen molar-refractivity contribution in [2.75, 3.05) is 19.2 Å². The number of methoxy groups -OCH3 is 1. The Bertz CT molecular complexity index is 1280. The maximum atomic E-state index is 13.1. The molecule has 0 spiro atoms. The third-order valence-corrected chi connectivity index (χ3v) is 6.04. The number of thiazole rings is 1. The average Bonchev–Trinajstić information content (AvgIpc) is 3.38. The molecule has 9 nitrogen and oxygen atoms in total. The summed E-state index contributed by atoms with van der Waals surface area (Å²) in [4.78, 5) is 43.2. The van der Waals surface area contributed by atoms with Crippen LogP contribution in [-0.4, -0.2) is 35.3 Å². The molecule has 1 aromatic carbocycles. The number of carbonyl (C=O) groups is 2. The van der Waals surface area contributed by atoms with Gasteiger partial charge in [-0.05, 0) is 25.3 Å². The van der Waals surface area contributed by atoms with Gasteiger partial charge in [0.1, 0.15) is 5.56 Å². The predicted octanol–water partition coefficient (Wildman–Crippen LogP) is 3.44. The SMILES string of the molecule is CCn1cc(C(=O)Nc2nc(C(=O)OC)c(CC(C)C)s2)c(=O)c2cc3c(cc21)OCO3. The highest BCUT2D eigenvalue weighted by Gasteiger charge is 2.24. The average molecular weight is 458 g/mol. The highest BCUT2D eigenvalue weighted by Crippen LogP contribution is 2.35.